The van der Waals surface area contributed by atoms with E-state index in [1.54, 1.807) is 18.2 Å². The van der Waals surface area contributed by atoms with Gasteiger partial charge < -0.3 is 15.4 Å². The first-order valence-corrected chi connectivity index (χ1v) is 7.89. The van der Waals surface area contributed by atoms with E-state index in [1.165, 1.54) is 6.07 Å². The molecule has 0 atom stereocenters. The lowest BCUT2D eigenvalue weighted by Gasteiger charge is -2.08. The van der Waals surface area contributed by atoms with Crippen LogP contribution in [0.5, 0.6) is 0 Å². The number of hydrogen-bond acceptors (Lipinski definition) is 3. The molecule has 0 radical (unpaired) electrons. The summed E-state index contributed by atoms with van der Waals surface area (Å²) in [5.74, 6) is -0.723. The van der Waals surface area contributed by atoms with Crippen LogP contribution in [0.1, 0.15) is 5.56 Å². The van der Waals surface area contributed by atoms with E-state index in [9.17, 15) is 9.59 Å². The van der Waals surface area contributed by atoms with Crippen molar-refractivity contribution in [3.63, 3.8) is 0 Å². The minimum atomic E-state index is -0.392. The van der Waals surface area contributed by atoms with Crippen LogP contribution in [-0.2, 0) is 14.3 Å². The number of rotatable bonds is 6. The Bertz CT molecular complexity index is 750. The Hall–Kier alpha value is -2.08. The standard InChI is InChI=1S/C17H16Cl2N2O3/c1-11-3-2-4-12(7-11)20-16(22)9-24-10-17(23)21-13-5-6-14(18)15(19)8-13/h2-8H,9-10H2,1H3,(H,20,22)(H,21,23). The predicted octanol–water partition coefficient (Wildman–Crippen LogP) is 3.90. The van der Waals surface area contributed by atoms with Crippen LogP contribution in [0, 0.1) is 6.92 Å². The van der Waals surface area contributed by atoms with Crippen LogP contribution in [0.3, 0.4) is 0 Å². The van der Waals surface area contributed by atoms with Gasteiger partial charge in [-0.05, 0) is 42.8 Å². The molecule has 0 spiro atoms. The molecule has 126 valence electrons. The molecule has 2 aromatic rings. The molecular formula is C17H16Cl2N2O3. The van der Waals surface area contributed by atoms with Gasteiger partial charge in [-0.3, -0.25) is 9.59 Å². The smallest absolute Gasteiger partial charge is 0.250 e. The molecule has 2 rings (SSSR count). The number of carbonyl (C=O) groups excluding carboxylic acids is 2. The maximum absolute atomic E-state index is 11.7. The lowest BCUT2D eigenvalue weighted by atomic mass is 10.2. The highest BCUT2D eigenvalue weighted by Gasteiger charge is 2.07. The summed E-state index contributed by atoms with van der Waals surface area (Å²) in [5, 5.41) is 6.04. The van der Waals surface area contributed by atoms with Crippen molar-refractivity contribution in [2.24, 2.45) is 0 Å². The molecule has 0 aliphatic heterocycles. The topological polar surface area (TPSA) is 67.4 Å². The third kappa shape index (κ3) is 5.85. The number of halogens is 2. The molecule has 0 aliphatic carbocycles. The summed E-state index contributed by atoms with van der Waals surface area (Å²) < 4.78 is 5.10. The fraction of sp³-hybridized carbons (Fsp3) is 0.176. The van der Waals surface area contributed by atoms with Crippen LogP contribution in [0.2, 0.25) is 10.0 Å². The first-order chi connectivity index (χ1) is 11.4. The second kappa shape index (κ2) is 8.68. The van der Waals surface area contributed by atoms with Crippen molar-refractivity contribution in [1.82, 2.24) is 0 Å². The average Bonchev–Trinajstić information content (AvgIpc) is 2.51. The zero-order chi connectivity index (χ0) is 17.5. The zero-order valence-corrected chi connectivity index (χ0v) is 14.4. The van der Waals surface area contributed by atoms with Crippen molar-refractivity contribution in [3.8, 4) is 0 Å². The minimum Gasteiger partial charge on any atom is -0.362 e. The van der Waals surface area contributed by atoms with E-state index in [4.69, 9.17) is 27.9 Å². The Kier molecular flexibility index (Phi) is 6.61. The molecule has 0 saturated heterocycles. The molecule has 0 bridgehead atoms. The first kappa shape index (κ1) is 18.3. The highest BCUT2D eigenvalue weighted by atomic mass is 35.5. The van der Waals surface area contributed by atoms with Crippen LogP contribution in [0.25, 0.3) is 0 Å². The van der Waals surface area contributed by atoms with Crippen molar-refractivity contribution < 1.29 is 14.3 Å². The van der Waals surface area contributed by atoms with Gasteiger partial charge in [0.05, 0.1) is 10.0 Å². The van der Waals surface area contributed by atoms with E-state index in [0.29, 0.717) is 21.4 Å². The lowest BCUT2D eigenvalue weighted by Crippen LogP contribution is -2.24. The average molecular weight is 367 g/mol. The van der Waals surface area contributed by atoms with Gasteiger partial charge in [-0.15, -0.1) is 0 Å². The maximum Gasteiger partial charge on any atom is 0.250 e. The third-order valence-corrected chi connectivity index (χ3v) is 3.71. The SMILES string of the molecule is Cc1cccc(NC(=O)COCC(=O)Nc2ccc(Cl)c(Cl)c2)c1. The number of amides is 2. The van der Waals surface area contributed by atoms with Crippen LogP contribution < -0.4 is 10.6 Å². The van der Waals surface area contributed by atoms with Gasteiger partial charge in [0.25, 0.3) is 0 Å². The van der Waals surface area contributed by atoms with E-state index in [1.807, 2.05) is 25.1 Å². The van der Waals surface area contributed by atoms with Gasteiger partial charge in [0, 0.05) is 11.4 Å². The van der Waals surface area contributed by atoms with Gasteiger partial charge in [0.1, 0.15) is 13.2 Å². The van der Waals surface area contributed by atoms with E-state index in [0.717, 1.165) is 5.56 Å². The third-order valence-electron chi connectivity index (χ3n) is 2.97. The molecule has 2 aromatic carbocycles. The Labute approximate surface area is 149 Å². The number of benzene rings is 2. The molecule has 2 N–H and O–H groups in total. The molecular weight excluding hydrogens is 351 g/mol. The van der Waals surface area contributed by atoms with E-state index in [-0.39, 0.29) is 19.1 Å². The second-order valence-corrected chi connectivity index (χ2v) is 5.90. The molecule has 2 amide bonds. The molecule has 0 heterocycles. The second-order valence-electron chi connectivity index (χ2n) is 5.09. The number of nitrogens with one attached hydrogen (secondary N) is 2. The Balaban J connectivity index is 1.73. The van der Waals surface area contributed by atoms with Crippen molar-refractivity contribution in [2.75, 3.05) is 23.8 Å². The van der Waals surface area contributed by atoms with Gasteiger partial charge in [0.15, 0.2) is 0 Å². The van der Waals surface area contributed by atoms with Crippen molar-refractivity contribution in [3.05, 3.63) is 58.1 Å². The fourth-order valence-corrected chi connectivity index (χ4v) is 2.23. The monoisotopic (exact) mass is 366 g/mol. The molecule has 0 fully saturated rings. The minimum absolute atomic E-state index is 0.220. The number of ether oxygens (including phenoxy) is 1. The van der Waals surface area contributed by atoms with Gasteiger partial charge >= 0.3 is 0 Å². The van der Waals surface area contributed by atoms with Crippen molar-refractivity contribution in [1.29, 1.82) is 0 Å². The van der Waals surface area contributed by atoms with Gasteiger partial charge in [-0.2, -0.15) is 0 Å². The van der Waals surface area contributed by atoms with E-state index >= 15 is 0 Å². The first-order valence-electron chi connectivity index (χ1n) is 7.13. The van der Waals surface area contributed by atoms with Gasteiger partial charge in [-0.25, -0.2) is 0 Å². The number of aryl methyl sites for hydroxylation is 1. The normalized spacial score (nSPS) is 10.3. The van der Waals surface area contributed by atoms with Crippen molar-refractivity contribution >= 4 is 46.4 Å². The van der Waals surface area contributed by atoms with Gasteiger partial charge in [-0.1, -0.05) is 35.3 Å². The molecule has 5 nitrogen and oxygen atoms in total. The van der Waals surface area contributed by atoms with E-state index in [2.05, 4.69) is 10.6 Å². The summed E-state index contributed by atoms with van der Waals surface area (Å²) in [4.78, 5) is 23.5. The molecule has 0 aliphatic rings. The summed E-state index contributed by atoms with van der Waals surface area (Å²) in [6, 6.07) is 12.1. The number of carbonyl (C=O) groups is 2. The fourth-order valence-electron chi connectivity index (χ4n) is 1.93. The summed E-state index contributed by atoms with van der Waals surface area (Å²) in [7, 11) is 0. The molecule has 0 aromatic heterocycles. The van der Waals surface area contributed by atoms with Crippen LogP contribution in [0.4, 0.5) is 11.4 Å². The van der Waals surface area contributed by atoms with E-state index < -0.39 is 5.91 Å². The quantitative estimate of drug-likeness (QED) is 0.814. The van der Waals surface area contributed by atoms with Crippen LogP contribution in [0.15, 0.2) is 42.5 Å². The number of anilines is 2. The Morgan fingerprint density at radius 3 is 2.12 bits per heavy atom. The molecule has 7 heteroatoms. The highest BCUT2D eigenvalue weighted by molar-refractivity contribution is 6.42. The number of hydrogen-bond donors (Lipinski definition) is 2. The van der Waals surface area contributed by atoms with Gasteiger partial charge in [0.2, 0.25) is 11.8 Å². The highest BCUT2D eigenvalue weighted by Crippen LogP contribution is 2.24. The summed E-state index contributed by atoms with van der Waals surface area (Å²) in [5.41, 5.74) is 2.22. The predicted molar refractivity (Wildman–Crippen MR) is 95.7 cm³/mol. The molecule has 24 heavy (non-hydrogen) atoms. The summed E-state index contributed by atoms with van der Waals surface area (Å²) in [6.07, 6.45) is 0. The molecule has 0 saturated carbocycles. The zero-order valence-electron chi connectivity index (χ0n) is 12.9. The van der Waals surface area contributed by atoms with Crippen molar-refractivity contribution in [2.45, 2.75) is 6.92 Å². The summed E-state index contributed by atoms with van der Waals surface area (Å²) >= 11 is 11.7. The Morgan fingerprint density at radius 1 is 0.917 bits per heavy atom. The molecule has 0 unspecified atom stereocenters. The van der Waals surface area contributed by atoms with Crippen LogP contribution >= 0.6 is 23.2 Å². The Morgan fingerprint density at radius 2 is 1.54 bits per heavy atom. The lowest BCUT2D eigenvalue weighted by molar-refractivity contribution is -0.125. The van der Waals surface area contributed by atoms with Crippen LogP contribution in [-0.4, -0.2) is 25.0 Å². The maximum atomic E-state index is 11.7. The largest absolute Gasteiger partial charge is 0.362 e. The summed E-state index contributed by atoms with van der Waals surface area (Å²) in [6.45, 7) is 1.46.